The smallest absolute Gasteiger partial charge is 0.135 e. The molecule has 1 aromatic rings. The van der Waals surface area contributed by atoms with E-state index in [-0.39, 0.29) is 0 Å². The summed E-state index contributed by atoms with van der Waals surface area (Å²) in [6.45, 7) is 6.64. The van der Waals surface area contributed by atoms with E-state index in [2.05, 4.69) is 34.0 Å². The maximum Gasteiger partial charge on any atom is 0.135 e. The fourth-order valence-electron chi connectivity index (χ4n) is 3.37. The fourth-order valence-corrected chi connectivity index (χ4v) is 3.56. The first-order valence-electron chi connectivity index (χ1n) is 7.68. The van der Waals surface area contributed by atoms with E-state index in [0.717, 1.165) is 11.6 Å². The summed E-state index contributed by atoms with van der Waals surface area (Å²) < 4.78 is 0. The highest BCUT2D eigenvalue weighted by Crippen LogP contribution is 2.29. The molecule has 0 bridgehead atoms. The number of rotatable bonds is 3. The van der Waals surface area contributed by atoms with Crippen LogP contribution in [0.2, 0.25) is 5.15 Å². The zero-order valence-electron chi connectivity index (χ0n) is 12.3. The van der Waals surface area contributed by atoms with E-state index in [9.17, 15) is 0 Å². The van der Waals surface area contributed by atoms with Crippen molar-refractivity contribution < 1.29 is 0 Å². The summed E-state index contributed by atoms with van der Waals surface area (Å²) in [6, 6.07) is 3.01. The van der Waals surface area contributed by atoms with Crippen LogP contribution in [0.25, 0.3) is 0 Å². The van der Waals surface area contributed by atoms with Gasteiger partial charge in [-0.3, -0.25) is 4.90 Å². The largest absolute Gasteiger partial charge is 0.366 e. The first kappa shape index (κ1) is 14.1. The molecule has 3 heterocycles. The molecule has 1 aromatic heterocycles. The lowest BCUT2D eigenvalue weighted by atomic mass is 9.99. The van der Waals surface area contributed by atoms with Crippen LogP contribution in [0.4, 0.5) is 5.82 Å². The molecule has 2 atom stereocenters. The lowest BCUT2D eigenvalue weighted by Gasteiger charge is -2.32. The van der Waals surface area contributed by atoms with Crippen LogP contribution in [0, 0.1) is 0 Å². The van der Waals surface area contributed by atoms with Gasteiger partial charge in [-0.15, -0.1) is 0 Å². The van der Waals surface area contributed by atoms with Crippen LogP contribution >= 0.6 is 11.6 Å². The predicted octanol–water partition coefficient (Wildman–Crippen LogP) is 3.29. The number of piperidine rings is 1. The van der Waals surface area contributed by atoms with Crippen LogP contribution in [0.3, 0.4) is 0 Å². The van der Waals surface area contributed by atoms with Crippen molar-refractivity contribution in [2.24, 2.45) is 0 Å². The van der Waals surface area contributed by atoms with Crippen LogP contribution in [0.15, 0.2) is 6.07 Å². The Bertz CT molecular complexity index is 477. The van der Waals surface area contributed by atoms with Crippen molar-refractivity contribution >= 4 is 17.4 Å². The maximum atomic E-state index is 6.12. The summed E-state index contributed by atoms with van der Waals surface area (Å²) in [6.07, 6.45) is 5.19. The zero-order chi connectivity index (χ0) is 14.1. The highest BCUT2D eigenvalue weighted by Gasteiger charge is 2.35. The monoisotopic (exact) mass is 294 g/mol. The van der Waals surface area contributed by atoms with Gasteiger partial charge in [-0.2, -0.15) is 0 Å². The maximum absolute atomic E-state index is 6.12. The Balaban J connectivity index is 1.74. The SMILES string of the molecule is CC(C)c1nc(Cl)cc(NC2CCN3CCCCC23)n1. The molecule has 2 aliphatic rings. The molecule has 0 aliphatic carbocycles. The molecule has 5 heteroatoms. The van der Waals surface area contributed by atoms with E-state index in [1.165, 1.54) is 38.8 Å². The molecule has 0 saturated carbocycles. The number of halogens is 1. The van der Waals surface area contributed by atoms with Crippen molar-refractivity contribution in [1.82, 2.24) is 14.9 Å². The van der Waals surface area contributed by atoms with E-state index < -0.39 is 0 Å². The Kier molecular flexibility index (Phi) is 4.13. The second kappa shape index (κ2) is 5.86. The van der Waals surface area contributed by atoms with Crippen molar-refractivity contribution in [2.45, 2.75) is 57.5 Å². The summed E-state index contributed by atoms with van der Waals surface area (Å²) in [7, 11) is 0. The third-order valence-corrected chi connectivity index (χ3v) is 4.61. The molecule has 0 spiro atoms. The van der Waals surface area contributed by atoms with Gasteiger partial charge in [0.2, 0.25) is 0 Å². The Hall–Kier alpha value is -0.870. The number of nitrogens with one attached hydrogen (secondary N) is 1. The van der Waals surface area contributed by atoms with Crippen LogP contribution in [-0.4, -0.2) is 40.0 Å². The van der Waals surface area contributed by atoms with Gasteiger partial charge >= 0.3 is 0 Å². The predicted molar refractivity (Wildman–Crippen MR) is 82.4 cm³/mol. The molecule has 3 rings (SSSR count). The molecule has 110 valence electrons. The second-order valence-electron chi connectivity index (χ2n) is 6.23. The molecule has 0 aromatic carbocycles. The lowest BCUT2D eigenvalue weighted by Crippen LogP contribution is -2.41. The number of hydrogen-bond acceptors (Lipinski definition) is 4. The van der Waals surface area contributed by atoms with Gasteiger partial charge in [0.25, 0.3) is 0 Å². The second-order valence-corrected chi connectivity index (χ2v) is 6.61. The van der Waals surface area contributed by atoms with Crippen LogP contribution < -0.4 is 5.32 Å². The first-order chi connectivity index (χ1) is 9.63. The Labute approximate surface area is 125 Å². The molecule has 4 nitrogen and oxygen atoms in total. The first-order valence-corrected chi connectivity index (χ1v) is 8.06. The molecule has 2 unspecified atom stereocenters. The molecule has 2 saturated heterocycles. The zero-order valence-corrected chi connectivity index (χ0v) is 13.0. The summed E-state index contributed by atoms with van der Waals surface area (Å²) >= 11 is 6.12. The standard InChI is InChI=1S/C15H23ClN4/c1-10(2)15-18-13(16)9-14(19-15)17-11-6-8-20-7-4-3-5-12(11)20/h9-12H,3-8H2,1-2H3,(H,17,18,19). The molecule has 1 N–H and O–H groups in total. The number of anilines is 1. The van der Waals surface area contributed by atoms with Crippen molar-refractivity contribution in [1.29, 1.82) is 0 Å². The summed E-state index contributed by atoms with van der Waals surface area (Å²) in [5.74, 6) is 1.99. The summed E-state index contributed by atoms with van der Waals surface area (Å²) in [4.78, 5) is 11.5. The minimum atomic E-state index is 0.295. The molecule has 2 aliphatic heterocycles. The quantitative estimate of drug-likeness (QED) is 0.869. The third-order valence-electron chi connectivity index (χ3n) is 4.42. The highest BCUT2D eigenvalue weighted by molar-refractivity contribution is 6.29. The summed E-state index contributed by atoms with van der Waals surface area (Å²) in [5.41, 5.74) is 0. The van der Waals surface area contributed by atoms with E-state index in [1.807, 2.05) is 6.07 Å². The molecule has 0 radical (unpaired) electrons. The number of hydrogen-bond donors (Lipinski definition) is 1. The third kappa shape index (κ3) is 2.91. The highest BCUT2D eigenvalue weighted by atomic mass is 35.5. The van der Waals surface area contributed by atoms with Gasteiger partial charge in [-0.05, 0) is 25.8 Å². The molecule has 20 heavy (non-hydrogen) atoms. The van der Waals surface area contributed by atoms with E-state index in [4.69, 9.17) is 11.6 Å². The Morgan fingerprint density at radius 1 is 1.25 bits per heavy atom. The minimum absolute atomic E-state index is 0.295. The van der Waals surface area contributed by atoms with E-state index >= 15 is 0 Å². The van der Waals surface area contributed by atoms with E-state index in [1.54, 1.807) is 0 Å². The van der Waals surface area contributed by atoms with Gasteiger partial charge in [0.05, 0.1) is 0 Å². The molecular formula is C15H23ClN4. The number of aromatic nitrogens is 2. The normalized spacial score (nSPS) is 26.8. The van der Waals surface area contributed by atoms with Gasteiger partial charge < -0.3 is 5.32 Å². The molecule has 0 amide bonds. The number of nitrogens with zero attached hydrogens (tertiary/aromatic N) is 3. The van der Waals surface area contributed by atoms with Gasteiger partial charge in [0, 0.05) is 30.6 Å². The van der Waals surface area contributed by atoms with Gasteiger partial charge in [-0.25, -0.2) is 9.97 Å². The van der Waals surface area contributed by atoms with E-state index in [0.29, 0.717) is 23.2 Å². The van der Waals surface area contributed by atoms with Crippen molar-refractivity contribution in [3.8, 4) is 0 Å². The van der Waals surface area contributed by atoms with Gasteiger partial charge in [0.15, 0.2) is 0 Å². The van der Waals surface area contributed by atoms with Crippen molar-refractivity contribution in [3.63, 3.8) is 0 Å². The average molecular weight is 295 g/mol. The Morgan fingerprint density at radius 2 is 2.10 bits per heavy atom. The van der Waals surface area contributed by atoms with Gasteiger partial charge in [-0.1, -0.05) is 31.9 Å². The Morgan fingerprint density at radius 3 is 2.90 bits per heavy atom. The van der Waals surface area contributed by atoms with Crippen molar-refractivity contribution in [3.05, 3.63) is 17.0 Å². The minimum Gasteiger partial charge on any atom is -0.366 e. The van der Waals surface area contributed by atoms with Crippen LogP contribution in [0.1, 0.15) is 51.3 Å². The number of fused-ring (bicyclic) bond motifs is 1. The summed E-state index contributed by atoms with van der Waals surface area (Å²) in [5, 5.41) is 4.13. The average Bonchev–Trinajstić information content (AvgIpc) is 2.82. The van der Waals surface area contributed by atoms with Crippen LogP contribution in [-0.2, 0) is 0 Å². The molecular weight excluding hydrogens is 272 g/mol. The molecule has 2 fully saturated rings. The van der Waals surface area contributed by atoms with Crippen LogP contribution in [0.5, 0.6) is 0 Å². The van der Waals surface area contributed by atoms with Gasteiger partial charge in [0.1, 0.15) is 16.8 Å². The van der Waals surface area contributed by atoms with Crippen molar-refractivity contribution in [2.75, 3.05) is 18.4 Å². The lowest BCUT2D eigenvalue weighted by molar-refractivity contribution is 0.192. The fraction of sp³-hybridized carbons (Fsp3) is 0.733. The topological polar surface area (TPSA) is 41.1 Å².